The van der Waals surface area contributed by atoms with Gasteiger partial charge >= 0.3 is 0 Å². The Hall–Kier alpha value is -1.67. The number of fused-ring (bicyclic) bond motifs is 2. The Bertz CT molecular complexity index is 638. The first-order valence-corrected chi connectivity index (χ1v) is 6.89. The molecular weight excluding hydrogens is 260 g/mol. The van der Waals surface area contributed by atoms with Crippen LogP contribution in [-0.2, 0) is 0 Å². The Morgan fingerprint density at radius 2 is 1.74 bits per heavy atom. The van der Waals surface area contributed by atoms with Crippen LogP contribution in [0.3, 0.4) is 0 Å². The maximum absolute atomic E-state index is 6.45. The standard InChI is InChI=1S/C16H13ClO2/c17-14-8-13(11-3-1-2-4-12(11)14)10-5-6-15-16(7-10)19-9-18-15/h1-7,13-14H,8-9H2/t13-,14-/m0/s1. The molecule has 0 unspecified atom stereocenters. The van der Waals surface area contributed by atoms with E-state index < -0.39 is 0 Å². The van der Waals surface area contributed by atoms with Gasteiger partial charge in [0.2, 0.25) is 6.79 Å². The molecule has 2 aliphatic rings. The molecule has 2 aromatic rings. The monoisotopic (exact) mass is 272 g/mol. The molecule has 19 heavy (non-hydrogen) atoms. The van der Waals surface area contributed by atoms with Gasteiger partial charge in [-0.1, -0.05) is 30.3 Å². The van der Waals surface area contributed by atoms with Gasteiger partial charge in [0.05, 0.1) is 5.38 Å². The molecule has 0 fully saturated rings. The topological polar surface area (TPSA) is 18.5 Å². The van der Waals surface area contributed by atoms with E-state index in [0.29, 0.717) is 12.7 Å². The van der Waals surface area contributed by atoms with Gasteiger partial charge in [-0.3, -0.25) is 0 Å². The summed E-state index contributed by atoms with van der Waals surface area (Å²) in [5, 5.41) is 0.103. The minimum Gasteiger partial charge on any atom is -0.454 e. The normalized spacial score (nSPS) is 23.4. The Morgan fingerprint density at radius 3 is 2.63 bits per heavy atom. The third-order valence-electron chi connectivity index (χ3n) is 3.95. The van der Waals surface area contributed by atoms with Crippen molar-refractivity contribution in [2.45, 2.75) is 17.7 Å². The zero-order valence-electron chi connectivity index (χ0n) is 10.3. The molecule has 0 amide bonds. The van der Waals surface area contributed by atoms with Crippen molar-refractivity contribution in [3.63, 3.8) is 0 Å². The van der Waals surface area contributed by atoms with Gasteiger partial charge in [0.1, 0.15) is 0 Å². The number of rotatable bonds is 1. The van der Waals surface area contributed by atoms with Crippen LogP contribution in [-0.4, -0.2) is 6.79 Å². The van der Waals surface area contributed by atoms with Gasteiger partial charge in [0.15, 0.2) is 11.5 Å². The molecule has 0 N–H and O–H groups in total. The summed E-state index contributed by atoms with van der Waals surface area (Å²) < 4.78 is 10.8. The summed E-state index contributed by atoms with van der Waals surface area (Å²) >= 11 is 6.45. The second-order valence-corrected chi connectivity index (χ2v) is 5.52. The third-order valence-corrected chi connectivity index (χ3v) is 4.36. The molecule has 1 aliphatic heterocycles. The number of hydrogen-bond acceptors (Lipinski definition) is 2. The maximum Gasteiger partial charge on any atom is 0.231 e. The fraction of sp³-hybridized carbons (Fsp3) is 0.250. The predicted molar refractivity (Wildman–Crippen MR) is 74.1 cm³/mol. The van der Waals surface area contributed by atoms with Gasteiger partial charge in [-0.25, -0.2) is 0 Å². The second-order valence-electron chi connectivity index (χ2n) is 5.00. The lowest BCUT2D eigenvalue weighted by atomic mass is 9.93. The first-order chi connectivity index (χ1) is 9.33. The number of hydrogen-bond donors (Lipinski definition) is 0. The Labute approximate surface area is 116 Å². The Balaban J connectivity index is 1.78. The summed E-state index contributed by atoms with van der Waals surface area (Å²) in [6, 6.07) is 14.6. The van der Waals surface area contributed by atoms with Gasteiger partial charge < -0.3 is 9.47 Å². The smallest absolute Gasteiger partial charge is 0.231 e. The van der Waals surface area contributed by atoms with Crippen molar-refractivity contribution in [2.75, 3.05) is 6.79 Å². The molecule has 2 nitrogen and oxygen atoms in total. The van der Waals surface area contributed by atoms with E-state index >= 15 is 0 Å². The van der Waals surface area contributed by atoms with Gasteiger partial charge in [0.25, 0.3) is 0 Å². The highest BCUT2D eigenvalue weighted by atomic mass is 35.5. The molecule has 0 saturated carbocycles. The van der Waals surface area contributed by atoms with Crippen molar-refractivity contribution >= 4 is 11.6 Å². The van der Waals surface area contributed by atoms with Crippen LogP contribution in [0.1, 0.15) is 34.4 Å². The molecule has 1 heterocycles. The molecule has 4 rings (SSSR count). The van der Waals surface area contributed by atoms with Crippen molar-refractivity contribution in [1.29, 1.82) is 0 Å². The zero-order chi connectivity index (χ0) is 12.8. The fourth-order valence-corrected chi connectivity index (χ4v) is 3.40. The molecule has 0 radical (unpaired) electrons. The van der Waals surface area contributed by atoms with Crippen molar-refractivity contribution < 1.29 is 9.47 Å². The largest absolute Gasteiger partial charge is 0.454 e. The number of ether oxygens (including phenoxy) is 2. The van der Waals surface area contributed by atoms with Gasteiger partial charge in [-0.15, -0.1) is 11.6 Å². The van der Waals surface area contributed by atoms with Crippen LogP contribution in [0.15, 0.2) is 42.5 Å². The summed E-state index contributed by atoms with van der Waals surface area (Å²) in [6.07, 6.45) is 0.945. The summed E-state index contributed by atoms with van der Waals surface area (Å²) in [5.41, 5.74) is 3.84. The number of alkyl halides is 1. The molecule has 1 aliphatic carbocycles. The Kier molecular flexibility index (Phi) is 2.46. The molecule has 0 bridgehead atoms. The highest BCUT2D eigenvalue weighted by Crippen LogP contribution is 2.48. The molecule has 96 valence electrons. The van der Waals surface area contributed by atoms with E-state index in [2.05, 4.69) is 36.4 Å². The van der Waals surface area contributed by atoms with Gasteiger partial charge in [0, 0.05) is 5.92 Å². The second kappa shape index (κ2) is 4.17. The lowest BCUT2D eigenvalue weighted by Crippen LogP contribution is -1.96. The third kappa shape index (κ3) is 1.71. The molecule has 0 saturated heterocycles. The average molecular weight is 273 g/mol. The summed E-state index contributed by atoms with van der Waals surface area (Å²) in [6.45, 7) is 0.318. The molecule has 0 spiro atoms. The van der Waals surface area contributed by atoms with Crippen LogP contribution < -0.4 is 9.47 Å². The fourth-order valence-electron chi connectivity index (χ4n) is 3.02. The van der Waals surface area contributed by atoms with Crippen molar-refractivity contribution in [3.05, 3.63) is 59.2 Å². The predicted octanol–water partition coefficient (Wildman–Crippen LogP) is 4.23. The minimum absolute atomic E-state index is 0.103. The molecule has 3 heteroatoms. The van der Waals surface area contributed by atoms with E-state index in [1.165, 1.54) is 16.7 Å². The number of benzene rings is 2. The Morgan fingerprint density at radius 1 is 0.947 bits per heavy atom. The van der Waals surface area contributed by atoms with Gasteiger partial charge in [-0.05, 0) is 35.2 Å². The summed E-state index contributed by atoms with van der Waals surface area (Å²) in [4.78, 5) is 0. The van der Waals surface area contributed by atoms with E-state index in [1.807, 2.05) is 6.07 Å². The van der Waals surface area contributed by atoms with E-state index in [9.17, 15) is 0 Å². The maximum atomic E-state index is 6.45. The quantitative estimate of drug-likeness (QED) is 0.723. The SMILES string of the molecule is Cl[C@H]1C[C@@H](c2ccc3c(c2)OCO3)c2ccccc21. The van der Waals surface area contributed by atoms with Crippen molar-refractivity contribution in [1.82, 2.24) is 0 Å². The highest BCUT2D eigenvalue weighted by molar-refractivity contribution is 6.21. The van der Waals surface area contributed by atoms with E-state index in [0.717, 1.165) is 17.9 Å². The first-order valence-electron chi connectivity index (χ1n) is 6.45. The summed E-state index contributed by atoms with van der Waals surface area (Å²) in [5.74, 6) is 2.03. The van der Waals surface area contributed by atoms with E-state index in [-0.39, 0.29) is 5.38 Å². The average Bonchev–Trinajstić information content (AvgIpc) is 3.03. The van der Waals surface area contributed by atoms with Crippen molar-refractivity contribution in [2.24, 2.45) is 0 Å². The lowest BCUT2D eigenvalue weighted by Gasteiger charge is -2.12. The van der Waals surface area contributed by atoms with Crippen LogP contribution >= 0.6 is 11.6 Å². The number of halogens is 1. The zero-order valence-corrected chi connectivity index (χ0v) is 11.1. The van der Waals surface area contributed by atoms with E-state index in [4.69, 9.17) is 21.1 Å². The molecular formula is C16H13ClO2. The van der Waals surface area contributed by atoms with Crippen LogP contribution in [0, 0.1) is 0 Å². The summed E-state index contributed by atoms with van der Waals surface area (Å²) in [7, 11) is 0. The van der Waals surface area contributed by atoms with Crippen molar-refractivity contribution in [3.8, 4) is 11.5 Å². The molecule has 2 atom stereocenters. The lowest BCUT2D eigenvalue weighted by molar-refractivity contribution is 0.174. The molecule has 2 aromatic carbocycles. The highest BCUT2D eigenvalue weighted by Gasteiger charge is 2.31. The molecule has 0 aromatic heterocycles. The minimum atomic E-state index is 0.103. The first kappa shape index (κ1) is 11.2. The van der Waals surface area contributed by atoms with Gasteiger partial charge in [-0.2, -0.15) is 0 Å². The van der Waals surface area contributed by atoms with Crippen LogP contribution in [0.5, 0.6) is 11.5 Å². The van der Waals surface area contributed by atoms with Crippen LogP contribution in [0.25, 0.3) is 0 Å². The van der Waals surface area contributed by atoms with E-state index in [1.54, 1.807) is 0 Å². The van der Waals surface area contributed by atoms with Crippen LogP contribution in [0.2, 0.25) is 0 Å². The van der Waals surface area contributed by atoms with Crippen LogP contribution in [0.4, 0.5) is 0 Å².